The number of methoxy groups -OCH3 is 1. The van der Waals surface area contributed by atoms with E-state index < -0.39 is 6.10 Å². The summed E-state index contributed by atoms with van der Waals surface area (Å²) in [6.07, 6.45) is 4.99. The van der Waals surface area contributed by atoms with Crippen LogP contribution in [0.25, 0.3) is 0 Å². The monoisotopic (exact) mass is 381 g/mol. The number of carbonyl (C=O) groups excluding carboxylic acids is 1. The molecule has 4 heteroatoms. The summed E-state index contributed by atoms with van der Waals surface area (Å²) in [6, 6.07) is 12.2. The van der Waals surface area contributed by atoms with Crippen LogP contribution in [0.2, 0.25) is 0 Å². The van der Waals surface area contributed by atoms with E-state index in [1.54, 1.807) is 14.0 Å². The lowest BCUT2D eigenvalue weighted by atomic mass is 9.92. The molecular formula is C24H31NO3. The van der Waals surface area contributed by atoms with Crippen LogP contribution in [0.5, 0.6) is 11.5 Å². The molecule has 1 aliphatic rings. The third-order valence-corrected chi connectivity index (χ3v) is 5.55. The van der Waals surface area contributed by atoms with E-state index in [2.05, 4.69) is 30.4 Å². The maximum Gasteiger partial charge on any atom is 0.261 e. The zero-order valence-corrected chi connectivity index (χ0v) is 17.4. The minimum atomic E-state index is -0.546. The Morgan fingerprint density at radius 3 is 2.54 bits per heavy atom. The lowest BCUT2D eigenvalue weighted by Crippen LogP contribution is -2.38. The van der Waals surface area contributed by atoms with Gasteiger partial charge >= 0.3 is 0 Å². The number of ether oxygens (including phenoxy) is 2. The largest absolute Gasteiger partial charge is 0.496 e. The van der Waals surface area contributed by atoms with Gasteiger partial charge in [0.2, 0.25) is 0 Å². The molecule has 2 atom stereocenters. The van der Waals surface area contributed by atoms with Crippen molar-refractivity contribution in [3.63, 3.8) is 0 Å². The van der Waals surface area contributed by atoms with E-state index in [9.17, 15) is 4.79 Å². The van der Waals surface area contributed by atoms with Gasteiger partial charge in [0.05, 0.1) is 13.2 Å². The van der Waals surface area contributed by atoms with Crippen molar-refractivity contribution in [2.24, 2.45) is 0 Å². The molecule has 2 unspecified atom stereocenters. The highest BCUT2D eigenvalue weighted by atomic mass is 16.5. The van der Waals surface area contributed by atoms with E-state index in [0.29, 0.717) is 0 Å². The summed E-state index contributed by atoms with van der Waals surface area (Å²) >= 11 is 0. The first-order valence-corrected chi connectivity index (χ1v) is 10.2. The second kappa shape index (κ2) is 9.13. The SMILES string of the molecule is CCC(NC(=O)C(C)Oc1ccc2c(c1)CCCC2)c1ccc(OC)c(C)c1. The van der Waals surface area contributed by atoms with Crippen LogP contribution in [-0.2, 0) is 17.6 Å². The molecule has 0 aromatic heterocycles. The average Bonchev–Trinajstić information content (AvgIpc) is 2.71. The summed E-state index contributed by atoms with van der Waals surface area (Å²) < 4.78 is 11.3. The molecule has 28 heavy (non-hydrogen) atoms. The molecule has 2 aromatic carbocycles. The molecule has 150 valence electrons. The molecule has 0 radical (unpaired) electrons. The quantitative estimate of drug-likeness (QED) is 0.741. The third-order valence-electron chi connectivity index (χ3n) is 5.55. The Balaban J connectivity index is 1.64. The maximum absolute atomic E-state index is 12.7. The Labute approximate surface area is 168 Å². The Morgan fingerprint density at radius 2 is 1.86 bits per heavy atom. The number of benzene rings is 2. The van der Waals surface area contributed by atoms with E-state index in [4.69, 9.17) is 9.47 Å². The zero-order chi connectivity index (χ0) is 20.1. The summed E-state index contributed by atoms with van der Waals surface area (Å²) in [4.78, 5) is 12.7. The van der Waals surface area contributed by atoms with Gasteiger partial charge in [-0.2, -0.15) is 0 Å². The van der Waals surface area contributed by atoms with Crippen LogP contribution >= 0.6 is 0 Å². The third kappa shape index (κ3) is 4.67. The molecule has 0 heterocycles. The molecule has 0 saturated heterocycles. The van der Waals surface area contributed by atoms with Gasteiger partial charge in [-0.15, -0.1) is 0 Å². The molecule has 1 amide bonds. The fraction of sp³-hybridized carbons (Fsp3) is 0.458. The van der Waals surface area contributed by atoms with Crippen LogP contribution in [0.1, 0.15) is 61.4 Å². The van der Waals surface area contributed by atoms with Gasteiger partial charge in [0.15, 0.2) is 6.10 Å². The number of nitrogens with one attached hydrogen (secondary N) is 1. The summed E-state index contributed by atoms with van der Waals surface area (Å²) in [5.74, 6) is 1.53. The van der Waals surface area contributed by atoms with Gasteiger partial charge in [-0.3, -0.25) is 4.79 Å². The van der Waals surface area contributed by atoms with Crippen LogP contribution in [0, 0.1) is 6.92 Å². The Hall–Kier alpha value is -2.49. The second-order valence-corrected chi connectivity index (χ2v) is 7.60. The molecule has 0 bridgehead atoms. The molecule has 2 aromatic rings. The number of fused-ring (bicyclic) bond motifs is 1. The van der Waals surface area contributed by atoms with Crippen LogP contribution in [-0.4, -0.2) is 19.1 Å². The van der Waals surface area contributed by atoms with Crippen molar-refractivity contribution in [1.29, 1.82) is 0 Å². The maximum atomic E-state index is 12.7. The topological polar surface area (TPSA) is 47.6 Å². The van der Waals surface area contributed by atoms with Crippen molar-refractivity contribution in [3.05, 3.63) is 58.7 Å². The number of carbonyl (C=O) groups is 1. The lowest BCUT2D eigenvalue weighted by Gasteiger charge is -2.22. The smallest absolute Gasteiger partial charge is 0.261 e. The second-order valence-electron chi connectivity index (χ2n) is 7.60. The van der Waals surface area contributed by atoms with Gasteiger partial charge in [0.25, 0.3) is 5.91 Å². The highest BCUT2D eigenvalue weighted by molar-refractivity contribution is 5.81. The highest BCUT2D eigenvalue weighted by Crippen LogP contribution is 2.27. The van der Waals surface area contributed by atoms with Gasteiger partial charge in [0.1, 0.15) is 11.5 Å². The van der Waals surface area contributed by atoms with Crippen LogP contribution in [0.15, 0.2) is 36.4 Å². The minimum absolute atomic E-state index is 0.0494. The van der Waals surface area contributed by atoms with Gasteiger partial charge < -0.3 is 14.8 Å². The van der Waals surface area contributed by atoms with Gasteiger partial charge in [-0.25, -0.2) is 0 Å². The molecular weight excluding hydrogens is 350 g/mol. The first-order valence-electron chi connectivity index (χ1n) is 10.2. The van der Waals surface area contributed by atoms with E-state index in [-0.39, 0.29) is 11.9 Å². The summed E-state index contributed by atoms with van der Waals surface area (Å²) in [7, 11) is 1.67. The number of rotatable bonds is 7. The Morgan fingerprint density at radius 1 is 1.11 bits per heavy atom. The van der Waals surface area contributed by atoms with Gasteiger partial charge in [-0.1, -0.05) is 25.1 Å². The Kier molecular flexibility index (Phi) is 6.61. The van der Waals surface area contributed by atoms with Crippen LogP contribution < -0.4 is 14.8 Å². The van der Waals surface area contributed by atoms with E-state index in [1.807, 2.05) is 25.1 Å². The number of aryl methyl sites for hydroxylation is 3. The molecule has 1 N–H and O–H groups in total. The van der Waals surface area contributed by atoms with E-state index in [1.165, 1.54) is 24.0 Å². The zero-order valence-electron chi connectivity index (χ0n) is 17.4. The van der Waals surface area contributed by atoms with Crippen molar-refractivity contribution in [1.82, 2.24) is 5.32 Å². The first kappa shape index (κ1) is 20.2. The van der Waals surface area contributed by atoms with Crippen molar-refractivity contribution in [3.8, 4) is 11.5 Å². The lowest BCUT2D eigenvalue weighted by molar-refractivity contribution is -0.128. The summed E-state index contributed by atoms with van der Waals surface area (Å²) in [5, 5.41) is 3.13. The molecule has 0 saturated carbocycles. The van der Waals surface area contributed by atoms with Crippen LogP contribution in [0.4, 0.5) is 0 Å². The average molecular weight is 382 g/mol. The predicted molar refractivity (Wildman–Crippen MR) is 112 cm³/mol. The van der Waals surface area contributed by atoms with E-state index in [0.717, 1.165) is 41.9 Å². The minimum Gasteiger partial charge on any atom is -0.496 e. The molecule has 0 aliphatic heterocycles. The molecule has 0 fully saturated rings. The standard InChI is InChI=1S/C24H31NO3/c1-5-22(20-11-13-23(27-4)16(2)14-20)25-24(26)17(3)28-21-12-10-18-8-6-7-9-19(18)15-21/h10-15,17,22H,5-9H2,1-4H3,(H,25,26). The van der Waals surface area contributed by atoms with Gasteiger partial charge in [0, 0.05) is 0 Å². The van der Waals surface area contributed by atoms with E-state index >= 15 is 0 Å². The first-order chi connectivity index (χ1) is 13.5. The van der Waals surface area contributed by atoms with Crippen molar-refractivity contribution in [2.75, 3.05) is 7.11 Å². The summed E-state index contributed by atoms with van der Waals surface area (Å²) in [6.45, 7) is 5.89. The predicted octanol–water partition coefficient (Wildman–Crippen LogP) is 4.92. The summed E-state index contributed by atoms with van der Waals surface area (Å²) in [5.41, 5.74) is 4.91. The molecule has 1 aliphatic carbocycles. The number of hydrogen-bond donors (Lipinski definition) is 1. The molecule has 4 nitrogen and oxygen atoms in total. The fourth-order valence-electron chi connectivity index (χ4n) is 3.87. The normalized spacial score (nSPS) is 15.3. The molecule has 3 rings (SSSR count). The molecule has 0 spiro atoms. The van der Waals surface area contributed by atoms with Crippen molar-refractivity contribution < 1.29 is 14.3 Å². The number of amides is 1. The highest BCUT2D eigenvalue weighted by Gasteiger charge is 2.20. The Bertz CT molecular complexity index is 831. The van der Waals surface area contributed by atoms with Gasteiger partial charge in [-0.05, 0) is 86.4 Å². The van der Waals surface area contributed by atoms with Crippen molar-refractivity contribution >= 4 is 5.91 Å². The number of hydrogen-bond acceptors (Lipinski definition) is 3. The van der Waals surface area contributed by atoms with Crippen molar-refractivity contribution in [2.45, 2.75) is 65.0 Å². The van der Waals surface area contributed by atoms with Crippen LogP contribution in [0.3, 0.4) is 0 Å². The fourth-order valence-corrected chi connectivity index (χ4v) is 3.87.